The third-order valence-corrected chi connectivity index (χ3v) is 4.20. The summed E-state index contributed by atoms with van der Waals surface area (Å²) in [6.07, 6.45) is 2.73. The number of nitrogens with zero attached hydrogens (tertiary/aromatic N) is 1. The van der Waals surface area contributed by atoms with E-state index in [1.165, 1.54) is 11.1 Å². The Bertz CT molecular complexity index is 902. The SMILES string of the molecule is Cc1cnccc1OC(=O)Nc1ccc(-c2ccccc2C(C)C)cc1. The van der Waals surface area contributed by atoms with Gasteiger partial charge in [0.15, 0.2) is 0 Å². The van der Waals surface area contributed by atoms with E-state index in [1.54, 1.807) is 18.5 Å². The molecule has 1 N–H and O–H groups in total. The van der Waals surface area contributed by atoms with Gasteiger partial charge in [-0.05, 0) is 47.7 Å². The summed E-state index contributed by atoms with van der Waals surface area (Å²) in [7, 11) is 0. The molecule has 26 heavy (non-hydrogen) atoms. The van der Waals surface area contributed by atoms with Crippen molar-refractivity contribution >= 4 is 11.8 Å². The van der Waals surface area contributed by atoms with Crippen molar-refractivity contribution in [3.8, 4) is 16.9 Å². The fourth-order valence-corrected chi connectivity index (χ4v) is 2.81. The summed E-state index contributed by atoms with van der Waals surface area (Å²) in [5.41, 5.74) is 5.14. The molecule has 132 valence electrons. The highest BCUT2D eigenvalue weighted by Gasteiger charge is 2.10. The van der Waals surface area contributed by atoms with E-state index in [-0.39, 0.29) is 0 Å². The minimum atomic E-state index is -0.519. The highest BCUT2D eigenvalue weighted by Crippen LogP contribution is 2.29. The summed E-state index contributed by atoms with van der Waals surface area (Å²) < 4.78 is 5.32. The van der Waals surface area contributed by atoms with Crippen molar-refractivity contribution in [3.63, 3.8) is 0 Å². The topological polar surface area (TPSA) is 51.2 Å². The van der Waals surface area contributed by atoms with Gasteiger partial charge in [-0.1, -0.05) is 50.2 Å². The number of carbonyl (C=O) groups excluding carboxylic acids is 1. The first kappa shape index (κ1) is 17.7. The first-order valence-corrected chi connectivity index (χ1v) is 8.63. The van der Waals surface area contributed by atoms with Gasteiger partial charge in [0.1, 0.15) is 5.75 Å². The summed E-state index contributed by atoms with van der Waals surface area (Å²) in [6.45, 7) is 6.22. The Morgan fingerprint density at radius 2 is 1.77 bits per heavy atom. The van der Waals surface area contributed by atoms with E-state index in [9.17, 15) is 4.79 Å². The van der Waals surface area contributed by atoms with Crippen LogP contribution >= 0.6 is 0 Å². The first-order valence-electron chi connectivity index (χ1n) is 8.63. The normalized spacial score (nSPS) is 10.6. The molecule has 3 rings (SSSR count). The predicted octanol–water partition coefficient (Wildman–Crippen LogP) is 5.79. The fraction of sp³-hybridized carbons (Fsp3) is 0.182. The van der Waals surface area contributed by atoms with Gasteiger partial charge in [0, 0.05) is 23.6 Å². The summed E-state index contributed by atoms with van der Waals surface area (Å²) in [6, 6.07) is 17.8. The number of hydrogen-bond acceptors (Lipinski definition) is 3. The van der Waals surface area contributed by atoms with E-state index < -0.39 is 6.09 Å². The first-order chi connectivity index (χ1) is 12.5. The Morgan fingerprint density at radius 3 is 2.46 bits per heavy atom. The Balaban J connectivity index is 1.72. The van der Waals surface area contributed by atoms with Gasteiger partial charge in [-0.2, -0.15) is 0 Å². The molecular weight excluding hydrogens is 324 g/mol. The van der Waals surface area contributed by atoms with Gasteiger partial charge in [0.25, 0.3) is 0 Å². The number of amides is 1. The molecule has 0 bridgehead atoms. The zero-order valence-corrected chi connectivity index (χ0v) is 15.2. The van der Waals surface area contributed by atoms with Gasteiger partial charge in [0.2, 0.25) is 0 Å². The number of hydrogen-bond donors (Lipinski definition) is 1. The Morgan fingerprint density at radius 1 is 1.04 bits per heavy atom. The summed E-state index contributed by atoms with van der Waals surface area (Å²) in [5.74, 6) is 0.947. The number of carbonyl (C=O) groups is 1. The third-order valence-electron chi connectivity index (χ3n) is 4.20. The molecule has 0 fully saturated rings. The summed E-state index contributed by atoms with van der Waals surface area (Å²) in [4.78, 5) is 16.1. The number of aryl methyl sites for hydroxylation is 1. The summed E-state index contributed by atoms with van der Waals surface area (Å²) in [5, 5.41) is 2.75. The number of aromatic nitrogens is 1. The molecule has 0 aliphatic carbocycles. The molecule has 1 amide bonds. The minimum absolute atomic E-state index is 0.447. The van der Waals surface area contributed by atoms with E-state index in [1.807, 2.05) is 37.3 Å². The molecule has 0 saturated carbocycles. The number of benzene rings is 2. The average Bonchev–Trinajstić information content (AvgIpc) is 2.64. The van der Waals surface area contributed by atoms with Crippen LogP contribution in [-0.2, 0) is 0 Å². The van der Waals surface area contributed by atoms with Crippen LogP contribution in [0.2, 0.25) is 0 Å². The van der Waals surface area contributed by atoms with E-state index in [2.05, 4.69) is 42.3 Å². The highest BCUT2D eigenvalue weighted by atomic mass is 16.6. The van der Waals surface area contributed by atoms with Crippen molar-refractivity contribution in [1.29, 1.82) is 0 Å². The van der Waals surface area contributed by atoms with Crippen LogP contribution in [0.1, 0.15) is 30.9 Å². The van der Waals surface area contributed by atoms with Crippen LogP contribution in [0, 0.1) is 6.92 Å². The standard InChI is InChI=1S/C22H22N2O2/c1-15(2)19-6-4-5-7-20(19)17-8-10-18(11-9-17)24-22(25)26-21-12-13-23-14-16(21)3/h4-15H,1-3H3,(H,24,25). The number of ether oxygens (including phenoxy) is 1. The lowest BCUT2D eigenvalue weighted by atomic mass is 9.93. The van der Waals surface area contributed by atoms with Gasteiger partial charge in [-0.25, -0.2) is 4.79 Å². The number of rotatable bonds is 4. The molecule has 1 aromatic heterocycles. The van der Waals surface area contributed by atoms with Gasteiger partial charge >= 0.3 is 6.09 Å². The second kappa shape index (κ2) is 7.83. The van der Waals surface area contributed by atoms with E-state index in [0.717, 1.165) is 11.1 Å². The predicted molar refractivity (Wildman–Crippen MR) is 105 cm³/mol. The van der Waals surface area contributed by atoms with Crippen LogP contribution in [0.4, 0.5) is 10.5 Å². The van der Waals surface area contributed by atoms with Crippen LogP contribution in [0.3, 0.4) is 0 Å². The maximum absolute atomic E-state index is 12.1. The molecule has 1 heterocycles. The van der Waals surface area contributed by atoms with E-state index in [4.69, 9.17) is 4.74 Å². The molecule has 0 aliphatic rings. The van der Waals surface area contributed by atoms with Gasteiger partial charge in [-0.15, -0.1) is 0 Å². The Labute approximate surface area is 153 Å². The maximum Gasteiger partial charge on any atom is 0.417 e. The monoisotopic (exact) mass is 346 g/mol. The number of anilines is 1. The second-order valence-corrected chi connectivity index (χ2v) is 6.47. The van der Waals surface area contributed by atoms with Crippen molar-refractivity contribution in [2.24, 2.45) is 0 Å². The highest BCUT2D eigenvalue weighted by molar-refractivity contribution is 5.87. The molecule has 0 spiro atoms. The van der Waals surface area contributed by atoms with Crippen molar-refractivity contribution < 1.29 is 9.53 Å². The zero-order chi connectivity index (χ0) is 18.5. The number of nitrogens with one attached hydrogen (secondary N) is 1. The Kier molecular flexibility index (Phi) is 5.32. The molecule has 3 aromatic rings. The van der Waals surface area contributed by atoms with Crippen LogP contribution in [0.15, 0.2) is 67.0 Å². The smallest absolute Gasteiger partial charge is 0.410 e. The molecule has 4 nitrogen and oxygen atoms in total. The molecule has 0 atom stereocenters. The minimum Gasteiger partial charge on any atom is -0.410 e. The van der Waals surface area contributed by atoms with Crippen LogP contribution < -0.4 is 10.1 Å². The Hall–Kier alpha value is -3.14. The zero-order valence-electron chi connectivity index (χ0n) is 15.2. The lowest BCUT2D eigenvalue weighted by Gasteiger charge is -2.13. The number of pyridine rings is 1. The van der Waals surface area contributed by atoms with Crippen molar-refractivity contribution in [2.45, 2.75) is 26.7 Å². The molecule has 0 radical (unpaired) electrons. The third kappa shape index (κ3) is 4.09. The van der Waals surface area contributed by atoms with E-state index in [0.29, 0.717) is 17.4 Å². The molecule has 4 heteroatoms. The summed E-state index contributed by atoms with van der Waals surface area (Å²) >= 11 is 0. The molecule has 2 aromatic carbocycles. The van der Waals surface area contributed by atoms with E-state index >= 15 is 0 Å². The lowest BCUT2D eigenvalue weighted by Crippen LogP contribution is -2.17. The van der Waals surface area contributed by atoms with Gasteiger partial charge < -0.3 is 4.74 Å². The van der Waals surface area contributed by atoms with Crippen LogP contribution in [0.25, 0.3) is 11.1 Å². The average molecular weight is 346 g/mol. The largest absolute Gasteiger partial charge is 0.417 e. The molecule has 0 unspecified atom stereocenters. The van der Waals surface area contributed by atoms with Crippen LogP contribution in [-0.4, -0.2) is 11.1 Å². The molecule has 0 saturated heterocycles. The van der Waals surface area contributed by atoms with Crippen molar-refractivity contribution in [2.75, 3.05) is 5.32 Å². The van der Waals surface area contributed by atoms with Crippen LogP contribution in [0.5, 0.6) is 5.75 Å². The maximum atomic E-state index is 12.1. The van der Waals surface area contributed by atoms with Crippen molar-refractivity contribution in [1.82, 2.24) is 4.98 Å². The fourth-order valence-electron chi connectivity index (χ4n) is 2.81. The quantitative estimate of drug-likeness (QED) is 0.650. The van der Waals surface area contributed by atoms with Crippen molar-refractivity contribution in [3.05, 3.63) is 78.1 Å². The second-order valence-electron chi connectivity index (χ2n) is 6.47. The lowest BCUT2D eigenvalue weighted by molar-refractivity contribution is 0.215. The molecular formula is C22H22N2O2. The molecule has 0 aliphatic heterocycles. The van der Waals surface area contributed by atoms with Gasteiger partial charge in [-0.3, -0.25) is 10.3 Å². The van der Waals surface area contributed by atoms with Gasteiger partial charge in [0.05, 0.1) is 0 Å².